The zero-order valence-corrected chi connectivity index (χ0v) is 24.5. The van der Waals surface area contributed by atoms with E-state index in [0.29, 0.717) is 20.6 Å². The first-order valence-corrected chi connectivity index (χ1v) is 13.7. The normalized spacial score (nSPS) is 12.2. The molecule has 4 aromatic rings. The topological polar surface area (TPSA) is 94.3 Å². The van der Waals surface area contributed by atoms with E-state index in [9.17, 15) is 14.4 Å². The van der Waals surface area contributed by atoms with Gasteiger partial charge in [-0.05, 0) is 68.3 Å². The molecule has 0 spiro atoms. The first kappa shape index (κ1) is 29.5. The van der Waals surface area contributed by atoms with Crippen LogP contribution in [0.2, 0.25) is 15.1 Å². The molecule has 1 aromatic heterocycles. The number of carbonyl (C=O) groups excluding carboxylic acids is 3. The summed E-state index contributed by atoms with van der Waals surface area (Å²) >= 11 is 18.2. The second-order valence-electron chi connectivity index (χ2n) is 10.4. The van der Waals surface area contributed by atoms with Crippen LogP contribution in [0.25, 0.3) is 10.9 Å². The van der Waals surface area contributed by atoms with E-state index in [1.54, 1.807) is 48.5 Å². The van der Waals surface area contributed by atoms with Gasteiger partial charge in [0.1, 0.15) is 18.3 Å². The fraction of sp³-hybridized carbons (Fsp3) is 0.233. The van der Waals surface area contributed by atoms with Gasteiger partial charge in [0.25, 0.3) is 5.91 Å². The van der Waals surface area contributed by atoms with E-state index in [4.69, 9.17) is 34.8 Å². The van der Waals surface area contributed by atoms with E-state index in [-0.39, 0.29) is 18.8 Å². The third kappa shape index (κ3) is 7.36. The maximum atomic E-state index is 14.0. The van der Waals surface area contributed by atoms with Gasteiger partial charge >= 0.3 is 0 Å². The van der Waals surface area contributed by atoms with Crippen molar-refractivity contribution in [2.24, 2.45) is 0 Å². The average molecular weight is 600 g/mol. The van der Waals surface area contributed by atoms with E-state index >= 15 is 0 Å². The molecule has 0 aliphatic heterocycles. The van der Waals surface area contributed by atoms with Gasteiger partial charge in [-0.3, -0.25) is 14.4 Å². The fourth-order valence-corrected chi connectivity index (χ4v) is 4.69. The van der Waals surface area contributed by atoms with Gasteiger partial charge in [-0.2, -0.15) is 0 Å². The Kier molecular flexibility index (Phi) is 9.08. The predicted octanol–water partition coefficient (Wildman–Crippen LogP) is 6.54. The number of fused-ring (bicyclic) bond motifs is 1. The molecule has 1 unspecified atom stereocenters. The first-order valence-electron chi connectivity index (χ1n) is 12.6. The predicted molar refractivity (Wildman–Crippen MR) is 160 cm³/mol. The molecule has 0 saturated heterocycles. The van der Waals surface area contributed by atoms with Crippen molar-refractivity contribution in [3.63, 3.8) is 0 Å². The molecular weight excluding hydrogens is 571 g/mol. The summed E-state index contributed by atoms with van der Waals surface area (Å²) in [7, 11) is 0. The number of benzene rings is 3. The number of nitrogens with one attached hydrogen (secondary N) is 3. The second kappa shape index (κ2) is 12.3. The first-order chi connectivity index (χ1) is 18.9. The summed E-state index contributed by atoms with van der Waals surface area (Å²) < 4.78 is 0. The molecule has 0 saturated carbocycles. The highest BCUT2D eigenvalue weighted by molar-refractivity contribution is 6.42. The van der Waals surface area contributed by atoms with Crippen molar-refractivity contribution < 1.29 is 14.4 Å². The molecule has 7 nitrogen and oxygen atoms in total. The summed E-state index contributed by atoms with van der Waals surface area (Å²) in [5.74, 6) is -1.40. The van der Waals surface area contributed by atoms with Crippen LogP contribution in [0, 0.1) is 0 Å². The van der Waals surface area contributed by atoms with Crippen LogP contribution in [0.1, 0.15) is 48.4 Å². The van der Waals surface area contributed by atoms with Crippen molar-refractivity contribution in [1.29, 1.82) is 0 Å². The Morgan fingerprint density at radius 1 is 0.900 bits per heavy atom. The Morgan fingerprint density at radius 3 is 2.25 bits per heavy atom. The minimum absolute atomic E-state index is 0.157. The molecule has 10 heteroatoms. The summed E-state index contributed by atoms with van der Waals surface area (Å²) in [5, 5.41) is 7.85. The van der Waals surface area contributed by atoms with Crippen LogP contribution in [-0.2, 0) is 16.1 Å². The maximum Gasteiger partial charge on any atom is 0.271 e. The highest BCUT2D eigenvalue weighted by atomic mass is 35.5. The van der Waals surface area contributed by atoms with E-state index < -0.39 is 29.3 Å². The van der Waals surface area contributed by atoms with Crippen molar-refractivity contribution in [1.82, 2.24) is 20.5 Å². The number of halogens is 3. The Balaban J connectivity index is 1.70. The number of hydrogen-bond donors (Lipinski definition) is 3. The molecule has 0 aliphatic rings. The molecule has 3 amide bonds. The van der Waals surface area contributed by atoms with Crippen LogP contribution in [0.3, 0.4) is 0 Å². The zero-order valence-electron chi connectivity index (χ0n) is 22.2. The van der Waals surface area contributed by atoms with E-state index in [1.165, 1.54) is 4.90 Å². The monoisotopic (exact) mass is 598 g/mol. The number of aromatic amines is 1. The fourth-order valence-electron chi connectivity index (χ4n) is 4.24. The Morgan fingerprint density at radius 2 is 1.60 bits per heavy atom. The highest BCUT2D eigenvalue weighted by Crippen LogP contribution is 2.27. The lowest BCUT2D eigenvalue weighted by Gasteiger charge is -2.33. The van der Waals surface area contributed by atoms with Crippen molar-refractivity contribution in [3.05, 3.63) is 105 Å². The third-order valence-corrected chi connectivity index (χ3v) is 7.04. The standard InChI is InChI=1S/C30H29Cl3N4O3/c1-30(2,3)36-28(39)27(19-9-11-21(31)12-10-19)37(29(40)25-15-20-6-4-5-7-24(20)35-25)17-26(38)34-16-18-8-13-22(32)23(33)14-18/h4-15,27,35H,16-17H2,1-3H3,(H,34,38)(H,36,39). The van der Waals surface area contributed by atoms with Crippen LogP contribution in [0.4, 0.5) is 0 Å². The summed E-state index contributed by atoms with van der Waals surface area (Å²) in [4.78, 5) is 45.4. The maximum absolute atomic E-state index is 14.0. The van der Waals surface area contributed by atoms with Crippen molar-refractivity contribution in [2.75, 3.05) is 6.54 Å². The van der Waals surface area contributed by atoms with Gasteiger partial charge in [0.15, 0.2) is 0 Å². The SMILES string of the molecule is CC(C)(C)NC(=O)C(c1ccc(Cl)cc1)N(CC(=O)NCc1ccc(Cl)c(Cl)c1)C(=O)c1cc2ccccc2[nH]1. The number of aromatic nitrogens is 1. The highest BCUT2D eigenvalue weighted by Gasteiger charge is 2.35. The lowest BCUT2D eigenvalue weighted by atomic mass is 10.0. The van der Waals surface area contributed by atoms with Gasteiger partial charge in [-0.15, -0.1) is 0 Å². The Bertz CT molecular complexity index is 1510. The zero-order chi connectivity index (χ0) is 29.0. The average Bonchev–Trinajstić information content (AvgIpc) is 3.33. The minimum atomic E-state index is -1.12. The summed E-state index contributed by atoms with van der Waals surface area (Å²) in [6.07, 6.45) is 0. The largest absolute Gasteiger partial charge is 0.351 e. The minimum Gasteiger partial charge on any atom is -0.351 e. The van der Waals surface area contributed by atoms with Crippen molar-refractivity contribution in [2.45, 2.75) is 38.9 Å². The van der Waals surface area contributed by atoms with Crippen LogP contribution in [0.5, 0.6) is 0 Å². The number of amides is 3. The Hall–Kier alpha value is -3.52. The van der Waals surface area contributed by atoms with Gasteiger partial charge in [0.05, 0.1) is 10.0 Å². The lowest BCUT2D eigenvalue weighted by Crippen LogP contribution is -2.51. The molecule has 0 bridgehead atoms. The van der Waals surface area contributed by atoms with Crippen LogP contribution in [0.15, 0.2) is 72.8 Å². The van der Waals surface area contributed by atoms with Crippen LogP contribution < -0.4 is 10.6 Å². The lowest BCUT2D eigenvalue weighted by molar-refractivity contribution is -0.129. The smallest absolute Gasteiger partial charge is 0.271 e. The third-order valence-electron chi connectivity index (χ3n) is 6.05. The molecule has 3 N–H and O–H groups in total. The summed E-state index contributed by atoms with van der Waals surface area (Å²) in [6, 6.07) is 19.7. The molecule has 0 aliphatic carbocycles. The number of hydrogen-bond acceptors (Lipinski definition) is 3. The Labute approximate surface area is 247 Å². The summed E-state index contributed by atoms with van der Waals surface area (Å²) in [5.41, 5.74) is 1.66. The van der Waals surface area contributed by atoms with Gasteiger partial charge in [0, 0.05) is 28.0 Å². The molecule has 1 atom stereocenters. The molecule has 3 aromatic carbocycles. The number of carbonyl (C=O) groups is 3. The molecule has 0 fully saturated rings. The molecule has 0 radical (unpaired) electrons. The van der Waals surface area contributed by atoms with Crippen molar-refractivity contribution in [3.8, 4) is 0 Å². The molecule has 40 heavy (non-hydrogen) atoms. The van der Waals surface area contributed by atoms with Gasteiger partial charge < -0.3 is 20.5 Å². The van der Waals surface area contributed by atoms with Crippen LogP contribution in [-0.4, -0.2) is 39.7 Å². The molecule has 208 valence electrons. The van der Waals surface area contributed by atoms with E-state index in [2.05, 4.69) is 15.6 Å². The molecule has 1 heterocycles. The number of nitrogens with zero attached hydrogens (tertiary/aromatic N) is 1. The van der Waals surface area contributed by atoms with Crippen molar-refractivity contribution >= 4 is 63.4 Å². The van der Waals surface area contributed by atoms with Gasteiger partial charge in [0.2, 0.25) is 11.8 Å². The quantitative estimate of drug-likeness (QED) is 0.215. The summed E-state index contributed by atoms with van der Waals surface area (Å²) in [6.45, 7) is 5.30. The van der Waals surface area contributed by atoms with Gasteiger partial charge in [-0.25, -0.2) is 0 Å². The molecular formula is C30H29Cl3N4O3. The van der Waals surface area contributed by atoms with Gasteiger partial charge in [-0.1, -0.05) is 71.2 Å². The number of rotatable bonds is 8. The molecule has 4 rings (SSSR count). The number of H-pyrrole nitrogens is 1. The van der Waals surface area contributed by atoms with E-state index in [0.717, 1.165) is 16.5 Å². The van der Waals surface area contributed by atoms with E-state index in [1.807, 2.05) is 45.0 Å². The number of para-hydroxylation sites is 1. The second-order valence-corrected chi connectivity index (χ2v) is 11.7. The van der Waals surface area contributed by atoms with Crippen LogP contribution >= 0.6 is 34.8 Å².